The molecule has 0 fully saturated rings. The van der Waals surface area contributed by atoms with Gasteiger partial charge in [-0.15, -0.1) is 0 Å². The van der Waals surface area contributed by atoms with E-state index in [1.165, 1.54) is 30.0 Å². The minimum Gasteiger partial charge on any atom is -0.378 e. The van der Waals surface area contributed by atoms with Crippen molar-refractivity contribution in [3.8, 4) is 0 Å². The molecule has 2 aromatic heterocycles. The second kappa shape index (κ2) is 7.45. The number of dihydropyridines is 1. The fraction of sp³-hybridized carbons (Fsp3) is 0.267. The van der Waals surface area contributed by atoms with Gasteiger partial charge in [-0.3, -0.25) is 0 Å². The van der Waals surface area contributed by atoms with Crippen LogP contribution < -0.4 is 16.0 Å². The number of carbonyl (C=O) groups is 1. The van der Waals surface area contributed by atoms with E-state index in [0.29, 0.717) is 11.3 Å². The van der Waals surface area contributed by atoms with Crippen molar-refractivity contribution < 1.29 is 22.7 Å². The number of hydrogen-bond acceptors (Lipinski definition) is 5. The first-order valence-corrected chi connectivity index (χ1v) is 7.97. The van der Waals surface area contributed by atoms with Gasteiger partial charge in [0, 0.05) is 18.9 Å². The van der Waals surface area contributed by atoms with Gasteiger partial charge in [-0.25, -0.2) is 14.3 Å². The van der Waals surface area contributed by atoms with Gasteiger partial charge in [0.25, 0.3) is 0 Å². The highest BCUT2D eigenvalue weighted by Gasteiger charge is 2.38. The van der Waals surface area contributed by atoms with E-state index >= 15 is 0 Å². The second-order valence-electron chi connectivity index (χ2n) is 5.51. The van der Waals surface area contributed by atoms with Crippen LogP contribution in [-0.2, 0) is 11.3 Å². The summed E-state index contributed by atoms with van der Waals surface area (Å²) in [7, 11) is 1.46. The fourth-order valence-corrected chi connectivity index (χ4v) is 2.59. The zero-order chi connectivity index (χ0) is 19.6. The Bertz CT molecular complexity index is 924. The topological polar surface area (TPSA) is 92.6 Å². The summed E-state index contributed by atoms with van der Waals surface area (Å²) >= 11 is 5.87. The Morgan fingerprint density at radius 1 is 1.44 bits per heavy atom. The van der Waals surface area contributed by atoms with E-state index in [0.717, 1.165) is 12.3 Å². The van der Waals surface area contributed by atoms with E-state index in [1.807, 2.05) is 0 Å². The third kappa shape index (κ3) is 4.31. The molecule has 1 atom stereocenters. The molecule has 0 bridgehead atoms. The number of fused-ring (bicyclic) bond motifs is 1. The van der Waals surface area contributed by atoms with Gasteiger partial charge in [-0.2, -0.15) is 18.3 Å². The summed E-state index contributed by atoms with van der Waals surface area (Å²) in [5.74, 6) is 0. The summed E-state index contributed by atoms with van der Waals surface area (Å²) in [6.45, 7) is 0.0926. The van der Waals surface area contributed by atoms with E-state index < -0.39 is 18.2 Å². The molecule has 144 valence electrons. The van der Waals surface area contributed by atoms with Crippen LogP contribution in [0, 0.1) is 0 Å². The molecule has 27 heavy (non-hydrogen) atoms. The Labute approximate surface area is 156 Å². The van der Waals surface area contributed by atoms with Crippen molar-refractivity contribution in [1.82, 2.24) is 25.2 Å². The highest BCUT2D eigenvalue weighted by atomic mass is 35.5. The maximum atomic E-state index is 12.8. The van der Waals surface area contributed by atoms with Gasteiger partial charge in [0.2, 0.25) is 0 Å². The number of nitrogens with zero attached hydrogens (tertiary/aromatic N) is 3. The molecular formula is C15H14ClF3N6O2. The normalized spacial score (nSPS) is 16.8. The summed E-state index contributed by atoms with van der Waals surface area (Å²) in [6, 6.07) is -1.09. The minimum absolute atomic E-state index is 0.00182. The van der Waals surface area contributed by atoms with Crippen LogP contribution in [-0.4, -0.2) is 40.0 Å². The molecule has 3 rings (SSSR count). The van der Waals surface area contributed by atoms with Gasteiger partial charge in [-0.05, 0) is 18.4 Å². The quantitative estimate of drug-likeness (QED) is 0.731. The first-order valence-electron chi connectivity index (χ1n) is 7.59. The number of methoxy groups -OCH3 is 1. The van der Waals surface area contributed by atoms with E-state index in [-0.39, 0.29) is 23.1 Å². The van der Waals surface area contributed by atoms with Crippen LogP contribution in [0.1, 0.15) is 5.69 Å². The second-order valence-corrected chi connectivity index (χ2v) is 5.90. The van der Waals surface area contributed by atoms with Gasteiger partial charge in [0.05, 0.1) is 24.2 Å². The number of ether oxygens (including phenoxy) is 1. The Kier molecular flexibility index (Phi) is 5.24. The number of alkyl halides is 3. The van der Waals surface area contributed by atoms with Crippen molar-refractivity contribution in [1.29, 1.82) is 0 Å². The lowest BCUT2D eigenvalue weighted by Crippen LogP contribution is -2.41. The van der Waals surface area contributed by atoms with Gasteiger partial charge in [0.1, 0.15) is 6.04 Å². The summed E-state index contributed by atoms with van der Waals surface area (Å²) in [4.78, 5) is 16.3. The number of rotatable bonds is 4. The minimum atomic E-state index is -4.48. The molecular weight excluding hydrogens is 389 g/mol. The molecule has 0 radical (unpaired) electrons. The van der Waals surface area contributed by atoms with E-state index in [2.05, 4.69) is 26.0 Å². The molecule has 2 amide bonds. The molecule has 1 unspecified atom stereocenters. The van der Waals surface area contributed by atoms with Crippen LogP contribution in [0.2, 0.25) is 5.15 Å². The molecule has 8 nitrogen and oxygen atoms in total. The lowest BCUT2D eigenvalue weighted by atomic mass is 10.2. The standard InChI is InChI=1S/C15H14ClF3N6O2/c1-27-7-10-9(6-21-13-5-12(16)24-25(10)13)23-14(26)22-8-2-3-20-11(4-8)15(17,18)19/h2-6,11,20H,7H2,1H3,(H2,22,23,26). The maximum Gasteiger partial charge on any atom is 0.412 e. The van der Waals surface area contributed by atoms with Crippen LogP contribution in [0.5, 0.6) is 0 Å². The number of allylic oxidation sites excluding steroid dienone is 1. The number of amides is 2. The average molecular weight is 403 g/mol. The van der Waals surface area contributed by atoms with Gasteiger partial charge in [-0.1, -0.05) is 11.6 Å². The molecule has 12 heteroatoms. The predicted molar refractivity (Wildman–Crippen MR) is 91.1 cm³/mol. The largest absolute Gasteiger partial charge is 0.412 e. The monoisotopic (exact) mass is 402 g/mol. The highest BCUT2D eigenvalue weighted by molar-refractivity contribution is 6.29. The van der Waals surface area contributed by atoms with Crippen LogP contribution in [0.3, 0.4) is 0 Å². The van der Waals surface area contributed by atoms with Gasteiger partial charge < -0.3 is 20.7 Å². The zero-order valence-electron chi connectivity index (χ0n) is 13.8. The third-order valence-electron chi connectivity index (χ3n) is 3.58. The number of carbonyl (C=O) groups excluding carboxylic acids is 1. The van der Waals surface area contributed by atoms with E-state index in [1.54, 1.807) is 0 Å². The summed E-state index contributed by atoms with van der Waals surface area (Å²) in [5, 5.41) is 11.3. The first kappa shape index (κ1) is 19.0. The number of hydrogen-bond donors (Lipinski definition) is 3. The molecule has 2 aromatic rings. The maximum absolute atomic E-state index is 12.8. The predicted octanol–water partition coefficient (Wildman–Crippen LogP) is 2.58. The fourth-order valence-electron chi connectivity index (χ4n) is 2.41. The van der Waals surface area contributed by atoms with Crippen molar-refractivity contribution in [2.75, 3.05) is 12.4 Å². The first-order chi connectivity index (χ1) is 12.8. The summed E-state index contributed by atoms with van der Waals surface area (Å²) < 4.78 is 44.8. The molecule has 3 N–H and O–H groups in total. The molecule has 0 aromatic carbocycles. The molecule has 3 heterocycles. The highest BCUT2D eigenvalue weighted by Crippen LogP contribution is 2.24. The molecule has 0 aliphatic carbocycles. The van der Waals surface area contributed by atoms with E-state index in [9.17, 15) is 18.0 Å². The molecule has 1 aliphatic heterocycles. The SMILES string of the molecule is COCc1c(NC(=O)NC2=CC(C(F)(F)F)NC=C2)cnc2cc(Cl)nn12. The molecule has 0 spiro atoms. The van der Waals surface area contributed by atoms with Crippen LogP contribution in [0.4, 0.5) is 23.7 Å². The number of aromatic nitrogens is 3. The van der Waals surface area contributed by atoms with Crippen molar-refractivity contribution in [3.05, 3.63) is 47.2 Å². The van der Waals surface area contributed by atoms with Gasteiger partial charge >= 0.3 is 12.2 Å². The smallest absolute Gasteiger partial charge is 0.378 e. The van der Waals surface area contributed by atoms with Crippen molar-refractivity contribution in [2.45, 2.75) is 18.8 Å². The number of urea groups is 1. The van der Waals surface area contributed by atoms with Crippen LogP contribution >= 0.6 is 11.6 Å². The Morgan fingerprint density at radius 3 is 2.93 bits per heavy atom. The zero-order valence-corrected chi connectivity index (χ0v) is 14.6. The number of anilines is 1. The Morgan fingerprint density at radius 2 is 2.22 bits per heavy atom. The average Bonchev–Trinajstić information content (AvgIpc) is 2.97. The summed E-state index contributed by atoms with van der Waals surface area (Å²) in [5.41, 5.74) is 1.19. The summed E-state index contributed by atoms with van der Waals surface area (Å²) in [6.07, 6.45) is 0.195. The Balaban J connectivity index is 1.79. The van der Waals surface area contributed by atoms with E-state index in [4.69, 9.17) is 16.3 Å². The molecule has 1 aliphatic rings. The van der Waals surface area contributed by atoms with Crippen molar-refractivity contribution >= 4 is 29.0 Å². The van der Waals surface area contributed by atoms with Crippen LogP contribution in [0.25, 0.3) is 5.65 Å². The van der Waals surface area contributed by atoms with Crippen LogP contribution in [0.15, 0.2) is 36.3 Å². The number of nitrogens with one attached hydrogen (secondary N) is 3. The third-order valence-corrected chi connectivity index (χ3v) is 3.76. The molecule has 0 saturated heterocycles. The van der Waals surface area contributed by atoms with Crippen molar-refractivity contribution in [3.63, 3.8) is 0 Å². The van der Waals surface area contributed by atoms with Gasteiger partial charge in [0.15, 0.2) is 10.8 Å². The molecule has 0 saturated carbocycles. The number of halogens is 4. The van der Waals surface area contributed by atoms with Crippen molar-refractivity contribution in [2.24, 2.45) is 0 Å². The Hall–Kier alpha value is -2.79. The lowest BCUT2D eigenvalue weighted by molar-refractivity contribution is -0.142. The lowest BCUT2D eigenvalue weighted by Gasteiger charge is -2.22.